The Balaban J connectivity index is 1.88. The molecule has 3 heteroatoms. The van der Waals surface area contributed by atoms with Crippen LogP contribution >= 0.6 is 0 Å². The summed E-state index contributed by atoms with van der Waals surface area (Å²) in [5.74, 6) is 0. The van der Waals surface area contributed by atoms with Gasteiger partial charge in [-0.1, -0.05) is 26.2 Å². The van der Waals surface area contributed by atoms with Crippen molar-refractivity contribution in [2.45, 2.75) is 45.7 Å². The van der Waals surface area contributed by atoms with Crippen molar-refractivity contribution >= 4 is 0 Å². The Morgan fingerprint density at radius 1 is 1.38 bits per heavy atom. The van der Waals surface area contributed by atoms with Crippen LogP contribution in [0.5, 0.6) is 0 Å². The summed E-state index contributed by atoms with van der Waals surface area (Å²) in [4.78, 5) is 2.47. The zero-order valence-electron chi connectivity index (χ0n) is 10.4. The van der Waals surface area contributed by atoms with E-state index in [9.17, 15) is 0 Å². The van der Waals surface area contributed by atoms with Crippen LogP contribution in [0, 0.1) is 0 Å². The number of nitrogens with zero attached hydrogens (tertiary/aromatic N) is 1. The molecule has 1 fully saturated rings. The van der Waals surface area contributed by atoms with E-state index in [-0.39, 0.29) is 0 Å². The average Bonchev–Trinajstić information content (AvgIpc) is 2.61. The van der Waals surface area contributed by atoms with Crippen molar-refractivity contribution in [3.63, 3.8) is 0 Å². The number of hydrogen-bond acceptors (Lipinski definition) is 3. The Kier molecular flexibility index (Phi) is 3.75. The third-order valence-electron chi connectivity index (χ3n) is 3.33. The first-order valence-corrected chi connectivity index (χ1v) is 6.50. The smallest absolute Gasteiger partial charge is 0.0962 e. The summed E-state index contributed by atoms with van der Waals surface area (Å²) in [5.41, 5.74) is 2.65. The fraction of sp³-hybridized carbons (Fsp3) is 0.692. The molecular weight excluding hydrogens is 198 g/mol. The van der Waals surface area contributed by atoms with E-state index in [0.717, 1.165) is 6.54 Å². The maximum atomic E-state index is 3.53. The molecule has 0 saturated carbocycles. The lowest BCUT2D eigenvalue weighted by Crippen LogP contribution is -2.32. The first-order valence-electron chi connectivity index (χ1n) is 6.50. The van der Waals surface area contributed by atoms with Crippen LogP contribution in [0.4, 0.5) is 0 Å². The van der Waals surface area contributed by atoms with Crippen molar-refractivity contribution < 1.29 is 0 Å². The number of hydrogen-bond donors (Lipinski definition) is 2. The van der Waals surface area contributed by atoms with Gasteiger partial charge in [0.2, 0.25) is 0 Å². The van der Waals surface area contributed by atoms with Crippen molar-refractivity contribution in [1.29, 1.82) is 0 Å². The fourth-order valence-electron chi connectivity index (χ4n) is 2.40. The second-order valence-electron chi connectivity index (χ2n) is 4.63. The monoisotopic (exact) mass is 221 g/mol. The Labute approximate surface area is 98.6 Å². The van der Waals surface area contributed by atoms with Gasteiger partial charge in [-0.25, -0.2) is 0 Å². The van der Waals surface area contributed by atoms with Crippen LogP contribution in [0.2, 0.25) is 0 Å². The molecule has 3 nitrogen and oxygen atoms in total. The number of unbranched alkanes of at least 4 members (excludes halogenated alkanes) is 3. The molecule has 2 aliphatic rings. The Morgan fingerprint density at radius 2 is 2.25 bits per heavy atom. The van der Waals surface area contributed by atoms with Crippen LogP contribution in [0.1, 0.15) is 39.5 Å². The SMILES string of the molecule is CCCCCCN1C2=CNCC=C2NC1C. The molecular formula is C13H23N3. The van der Waals surface area contributed by atoms with Gasteiger partial charge < -0.3 is 15.5 Å². The van der Waals surface area contributed by atoms with Gasteiger partial charge in [-0.2, -0.15) is 0 Å². The minimum absolute atomic E-state index is 0.444. The average molecular weight is 221 g/mol. The van der Waals surface area contributed by atoms with Crippen molar-refractivity contribution in [1.82, 2.24) is 15.5 Å². The van der Waals surface area contributed by atoms with Crippen LogP contribution in [0.25, 0.3) is 0 Å². The Bertz CT molecular complexity index is 294. The molecule has 1 saturated heterocycles. The molecule has 90 valence electrons. The molecule has 0 aliphatic carbocycles. The molecule has 2 aliphatic heterocycles. The molecule has 2 N–H and O–H groups in total. The number of dihydropyridines is 1. The van der Waals surface area contributed by atoms with Gasteiger partial charge in [0.15, 0.2) is 0 Å². The second kappa shape index (κ2) is 5.28. The van der Waals surface area contributed by atoms with Crippen molar-refractivity contribution in [2.75, 3.05) is 13.1 Å². The predicted molar refractivity (Wildman–Crippen MR) is 67.6 cm³/mol. The molecule has 0 aromatic rings. The summed E-state index contributed by atoms with van der Waals surface area (Å²) >= 11 is 0. The lowest BCUT2D eigenvalue weighted by molar-refractivity contribution is 0.285. The van der Waals surface area contributed by atoms with Crippen LogP contribution < -0.4 is 10.6 Å². The number of nitrogens with one attached hydrogen (secondary N) is 2. The van der Waals surface area contributed by atoms with Crippen LogP contribution in [-0.2, 0) is 0 Å². The topological polar surface area (TPSA) is 27.3 Å². The molecule has 1 unspecified atom stereocenters. The van der Waals surface area contributed by atoms with E-state index < -0.39 is 0 Å². The molecule has 0 aromatic carbocycles. The first kappa shape index (κ1) is 11.4. The van der Waals surface area contributed by atoms with Gasteiger partial charge in [0.1, 0.15) is 0 Å². The van der Waals surface area contributed by atoms with E-state index in [1.54, 1.807) is 0 Å². The van der Waals surface area contributed by atoms with Crippen LogP contribution in [0.3, 0.4) is 0 Å². The number of rotatable bonds is 5. The largest absolute Gasteiger partial charge is 0.386 e. The van der Waals surface area contributed by atoms with Crippen LogP contribution in [-0.4, -0.2) is 24.2 Å². The van der Waals surface area contributed by atoms with E-state index >= 15 is 0 Å². The van der Waals surface area contributed by atoms with E-state index in [0.29, 0.717) is 6.17 Å². The summed E-state index contributed by atoms with van der Waals surface area (Å²) in [5, 5.41) is 6.81. The highest BCUT2D eigenvalue weighted by Gasteiger charge is 2.28. The van der Waals surface area contributed by atoms with Crippen molar-refractivity contribution in [3.8, 4) is 0 Å². The quantitative estimate of drug-likeness (QED) is 0.697. The maximum Gasteiger partial charge on any atom is 0.0962 e. The molecule has 0 aromatic heterocycles. The minimum Gasteiger partial charge on any atom is -0.386 e. The van der Waals surface area contributed by atoms with Crippen LogP contribution in [0.15, 0.2) is 23.7 Å². The zero-order valence-corrected chi connectivity index (χ0v) is 10.4. The molecule has 0 amide bonds. The molecule has 0 spiro atoms. The highest BCUT2D eigenvalue weighted by molar-refractivity contribution is 5.35. The molecule has 2 heterocycles. The van der Waals surface area contributed by atoms with Crippen molar-refractivity contribution in [2.24, 2.45) is 0 Å². The fourth-order valence-corrected chi connectivity index (χ4v) is 2.40. The van der Waals surface area contributed by atoms with Gasteiger partial charge in [-0.3, -0.25) is 0 Å². The van der Waals surface area contributed by atoms with Gasteiger partial charge in [0.05, 0.1) is 17.6 Å². The molecule has 0 radical (unpaired) electrons. The van der Waals surface area contributed by atoms with E-state index in [1.165, 1.54) is 43.6 Å². The predicted octanol–water partition coefficient (Wildman–Crippen LogP) is 2.15. The van der Waals surface area contributed by atoms with Gasteiger partial charge in [0.25, 0.3) is 0 Å². The highest BCUT2D eigenvalue weighted by Crippen LogP contribution is 2.25. The summed E-state index contributed by atoms with van der Waals surface area (Å²) in [6, 6.07) is 0. The molecule has 1 atom stereocenters. The lowest BCUT2D eigenvalue weighted by Gasteiger charge is -2.24. The van der Waals surface area contributed by atoms with Gasteiger partial charge in [-0.05, 0) is 19.4 Å². The molecule has 0 bridgehead atoms. The van der Waals surface area contributed by atoms with E-state index in [2.05, 4.69) is 41.7 Å². The Hall–Kier alpha value is -1.12. The van der Waals surface area contributed by atoms with Crippen molar-refractivity contribution in [3.05, 3.63) is 23.7 Å². The molecule has 16 heavy (non-hydrogen) atoms. The lowest BCUT2D eigenvalue weighted by atomic mass is 10.2. The van der Waals surface area contributed by atoms with E-state index in [4.69, 9.17) is 0 Å². The number of fused-ring (bicyclic) bond motifs is 1. The van der Waals surface area contributed by atoms with Gasteiger partial charge >= 0.3 is 0 Å². The maximum absolute atomic E-state index is 3.53. The zero-order chi connectivity index (χ0) is 11.4. The van der Waals surface area contributed by atoms with Gasteiger partial charge in [0, 0.05) is 19.3 Å². The second-order valence-corrected chi connectivity index (χ2v) is 4.63. The molecule has 2 rings (SSSR count). The summed E-state index contributed by atoms with van der Waals surface area (Å²) in [7, 11) is 0. The first-order chi connectivity index (χ1) is 7.83. The summed E-state index contributed by atoms with van der Waals surface area (Å²) in [6.45, 7) is 6.61. The minimum atomic E-state index is 0.444. The van der Waals surface area contributed by atoms with Gasteiger partial charge in [-0.15, -0.1) is 0 Å². The normalized spacial score (nSPS) is 23.1. The standard InChI is InChI=1S/C13H23N3/c1-3-4-5-6-9-16-11(2)15-12-7-8-14-10-13(12)16/h7,10-11,14-15H,3-6,8-9H2,1-2H3. The summed E-state index contributed by atoms with van der Waals surface area (Å²) in [6.07, 6.45) is 10.1. The summed E-state index contributed by atoms with van der Waals surface area (Å²) < 4.78 is 0. The van der Waals surface area contributed by atoms with E-state index in [1.807, 2.05) is 0 Å². The highest BCUT2D eigenvalue weighted by atomic mass is 15.3. The third-order valence-corrected chi connectivity index (χ3v) is 3.33. The third kappa shape index (κ3) is 2.34. The Morgan fingerprint density at radius 3 is 3.06 bits per heavy atom.